The predicted molar refractivity (Wildman–Crippen MR) is 98.8 cm³/mol. The van der Waals surface area contributed by atoms with E-state index in [-0.39, 0.29) is 12.5 Å². The van der Waals surface area contributed by atoms with E-state index in [1.165, 1.54) is 0 Å². The molecule has 5 nitrogen and oxygen atoms in total. The van der Waals surface area contributed by atoms with E-state index in [1.807, 2.05) is 12.1 Å². The second-order valence-corrected chi connectivity index (χ2v) is 6.51. The number of aromatic nitrogens is 1. The van der Waals surface area contributed by atoms with Gasteiger partial charge in [0.05, 0.1) is 19.2 Å². The first-order valence-corrected chi connectivity index (χ1v) is 8.57. The normalized spacial score (nSPS) is 10.5. The molecule has 0 fully saturated rings. The quantitative estimate of drug-likeness (QED) is 0.649. The fraction of sp³-hybridized carbons (Fsp3) is 0.111. The van der Waals surface area contributed by atoms with Crippen molar-refractivity contribution in [3.05, 3.63) is 69.3 Å². The fourth-order valence-electron chi connectivity index (χ4n) is 2.22. The lowest BCUT2D eigenvalue weighted by atomic mass is 10.1. The number of ether oxygens (including phenoxy) is 1. The van der Waals surface area contributed by atoms with Crippen LogP contribution in [0.1, 0.15) is 16.1 Å². The van der Waals surface area contributed by atoms with E-state index in [0.29, 0.717) is 32.3 Å². The first-order chi connectivity index (χ1) is 12.1. The summed E-state index contributed by atoms with van der Waals surface area (Å²) in [6.45, 7) is 0.250. The maximum absolute atomic E-state index is 12.4. The summed E-state index contributed by atoms with van der Waals surface area (Å²) in [5.41, 5.74) is 1.98. The van der Waals surface area contributed by atoms with Gasteiger partial charge in [0.25, 0.3) is 5.91 Å². The average molecular weight is 422 g/mol. The zero-order valence-corrected chi connectivity index (χ0v) is 15.6. The van der Waals surface area contributed by atoms with Crippen LogP contribution in [-0.4, -0.2) is 18.2 Å². The molecule has 1 amide bonds. The monoisotopic (exact) mass is 420 g/mol. The molecule has 3 aromatic rings. The van der Waals surface area contributed by atoms with Crippen molar-refractivity contribution in [1.29, 1.82) is 0 Å². The minimum atomic E-state index is -0.234. The number of hydrogen-bond donors (Lipinski definition) is 1. The molecule has 0 spiro atoms. The number of carbonyl (C=O) groups is 1. The zero-order chi connectivity index (χ0) is 17.8. The molecule has 0 bridgehead atoms. The summed E-state index contributed by atoms with van der Waals surface area (Å²) in [5.74, 6) is 0.991. The van der Waals surface area contributed by atoms with Crippen LogP contribution in [0, 0.1) is 0 Å². The third-order valence-electron chi connectivity index (χ3n) is 3.54. The number of nitrogens with zero attached hydrogens (tertiary/aromatic N) is 1. The lowest BCUT2D eigenvalue weighted by Crippen LogP contribution is -2.23. The Morgan fingerprint density at radius 2 is 2.00 bits per heavy atom. The topological polar surface area (TPSA) is 64.4 Å². The largest absolute Gasteiger partial charge is 0.497 e. The van der Waals surface area contributed by atoms with Gasteiger partial charge in [0.1, 0.15) is 11.4 Å². The number of nitrogens with one attached hydrogen (secondary N) is 1. The third kappa shape index (κ3) is 4.21. The van der Waals surface area contributed by atoms with Crippen LogP contribution in [0.15, 0.2) is 57.5 Å². The van der Waals surface area contributed by atoms with Gasteiger partial charge in [-0.15, -0.1) is 0 Å². The second-order valence-electron chi connectivity index (χ2n) is 5.22. The van der Waals surface area contributed by atoms with Crippen LogP contribution in [-0.2, 0) is 6.54 Å². The number of rotatable bonds is 5. The Bertz CT molecular complexity index is 894. The van der Waals surface area contributed by atoms with Gasteiger partial charge in [0, 0.05) is 21.1 Å². The van der Waals surface area contributed by atoms with Gasteiger partial charge in [-0.3, -0.25) is 4.79 Å². The molecule has 0 atom stereocenters. The van der Waals surface area contributed by atoms with Crippen molar-refractivity contribution in [2.75, 3.05) is 7.11 Å². The molecule has 0 aliphatic rings. The van der Waals surface area contributed by atoms with Crippen molar-refractivity contribution >= 4 is 33.4 Å². The molecule has 3 rings (SSSR count). The number of carbonyl (C=O) groups excluding carboxylic acids is 1. The SMILES string of the molecule is COc1ccc(Br)c(C(=O)NCc2cc(-c3ccc(Cl)cc3)on2)c1. The molecule has 0 aliphatic carbocycles. The van der Waals surface area contributed by atoms with E-state index in [1.54, 1.807) is 43.5 Å². The van der Waals surface area contributed by atoms with E-state index < -0.39 is 0 Å². The van der Waals surface area contributed by atoms with Gasteiger partial charge >= 0.3 is 0 Å². The molecule has 0 saturated carbocycles. The summed E-state index contributed by atoms with van der Waals surface area (Å²) >= 11 is 9.24. The Hall–Kier alpha value is -2.31. The van der Waals surface area contributed by atoms with Crippen LogP contribution in [0.4, 0.5) is 0 Å². The summed E-state index contributed by atoms with van der Waals surface area (Å²) in [6, 6.07) is 14.2. The highest BCUT2D eigenvalue weighted by Crippen LogP contribution is 2.24. The molecule has 25 heavy (non-hydrogen) atoms. The Labute approximate surface area is 158 Å². The van der Waals surface area contributed by atoms with Gasteiger partial charge in [-0.1, -0.05) is 16.8 Å². The summed E-state index contributed by atoms with van der Waals surface area (Å²) in [4.78, 5) is 12.4. The van der Waals surface area contributed by atoms with E-state index in [9.17, 15) is 4.79 Å². The fourth-order valence-corrected chi connectivity index (χ4v) is 2.77. The number of amides is 1. The minimum Gasteiger partial charge on any atom is -0.497 e. The molecule has 1 aromatic heterocycles. The summed E-state index contributed by atoms with van der Waals surface area (Å²) in [5, 5.41) is 7.44. The van der Waals surface area contributed by atoms with Crippen LogP contribution < -0.4 is 10.1 Å². The van der Waals surface area contributed by atoms with E-state index >= 15 is 0 Å². The summed E-state index contributed by atoms with van der Waals surface area (Å²) in [6.07, 6.45) is 0. The van der Waals surface area contributed by atoms with Crippen LogP contribution in [0.2, 0.25) is 5.02 Å². The van der Waals surface area contributed by atoms with Gasteiger partial charge in [-0.2, -0.15) is 0 Å². The van der Waals surface area contributed by atoms with Crippen LogP contribution in [0.3, 0.4) is 0 Å². The third-order valence-corrected chi connectivity index (χ3v) is 4.48. The molecule has 1 N–H and O–H groups in total. The van der Waals surface area contributed by atoms with Crippen LogP contribution in [0.25, 0.3) is 11.3 Å². The predicted octanol–water partition coefficient (Wildman–Crippen LogP) is 4.70. The minimum absolute atomic E-state index is 0.234. The maximum Gasteiger partial charge on any atom is 0.252 e. The highest BCUT2D eigenvalue weighted by atomic mass is 79.9. The van der Waals surface area contributed by atoms with E-state index in [2.05, 4.69) is 26.4 Å². The number of hydrogen-bond acceptors (Lipinski definition) is 4. The molecule has 0 unspecified atom stereocenters. The lowest BCUT2D eigenvalue weighted by Gasteiger charge is -2.07. The zero-order valence-electron chi connectivity index (χ0n) is 13.3. The van der Waals surface area contributed by atoms with E-state index in [0.717, 1.165) is 5.56 Å². The van der Waals surface area contributed by atoms with Crippen molar-refractivity contribution in [1.82, 2.24) is 10.5 Å². The molecule has 0 saturated heterocycles. The highest BCUT2D eigenvalue weighted by molar-refractivity contribution is 9.10. The maximum atomic E-state index is 12.4. The smallest absolute Gasteiger partial charge is 0.252 e. The molecule has 7 heteroatoms. The first kappa shape index (κ1) is 17.5. The van der Waals surface area contributed by atoms with Gasteiger partial charge in [0.15, 0.2) is 5.76 Å². The molecular formula is C18H14BrClN2O3. The number of benzene rings is 2. The van der Waals surface area contributed by atoms with E-state index in [4.69, 9.17) is 20.9 Å². The van der Waals surface area contributed by atoms with Crippen LogP contribution in [0.5, 0.6) is 5.75 Å². The number of methoxy groups -OCH3 is 1. The Morgan fingerprint density at radius 3 is 2.72 bits per heavy atom. The van der Waals surface area contributed by atoms with Crippen molar-refractivity contribution < 1.29 is 14.1 Å². The van der Waals surface area contributed by atoms with Gasteiger partial charge < -0.3 is 14.6 Å². The van der Waals surface area contributed by atoms with Gasteiger partial charge in [-0.05, 0) is 58.4 Å². The Kier molecular flexibility index (Phi) is 5.40. The van der Waals surface area contributed by atoms with Crippen molar-refractivity contribution in [2.45, 2.75) is 6.54 Å². The van der Waals surface area contributed by atoms with Gasteiger partial charge in [0.2, 0.25) is 0 Å². The lowest BCUT2D eigenvalue weighted by molar-refractivity contribution is 0.0949. The molecular weight excluding hydrogens is 408 g/mol. The Balaban J connectivity index is 1.68. The standard InChI is InChI=1S/C18H14BrClN2O3/c1-24-14-6-7-16(19)15(9-14)18(23)21-10-13-8-17(25-22-13)11-2-4-12(20)5-3-11/h2-9H,10H2,1H3,(H,21,23). The molecule has 1 heterocycles. The van der Waals surface area contributed by atoms with Crippen molar-refractivity contribution in [3.63, 3.8) is 0 Å². The van der Waals surface area contributed by atoms with Crippen molar-refractivity contribution in [2.24, 2.45) is 0 Å². The van der Waals surface area contributed by atoms with Crippen LogP contribution >= 0.6 is 27.5 Å². The Morgan fingerprint density at radius 1 is 1.24 bits per heavy atom. The summed E-state index contributed by atoms with van der Waals surface area (Å²) < 4.78 is 11.1. The second kappa shape index (κ2) is 7.72. The molecule has 128 valence electrons. The molecule has 0 aliphatic heterocycles. The average Bonchev–Trinajstić information content (AvgIpc) is 3.09. The summed E-state index contributed by atoms with van der Waals surface area (Å²) in [7, 11) is 1.55. The number of halogens is 2. The molecule has 0 radical (unpaired) electrons. The molecule has 2 aromatic carbocycles. The van der Waals surface area contributed by atoms with Crippen molar-refractivity contribution in [3.8, 4) is 17.1 Å². The van der Waals surface area contributed by atoms with Gasteiger partial charge in [-0.25, -0.2) is 0 Å². The highest BCUT2D eigenvalue weighted by Gasteiger charge is 2.13. The first-order valence-electron chi connectivity index (χ1n) is 7.40.